The fraction of sp³-hybridized carbons (Fsp3) is 0.830. The summed E-state index contributed by atoms with van der Waals surface area (Å²) in [5, 5.41) is 0. The highest BCUT2D eigenvalue weighted by molar-refractivity contribution is 5.71. The average molecular weight is 829 g/mol. The van der Waals surface area contributed by atoms with Crippen molar-refractivity contribution in [1.82, 2.24) is 0 Å². The van der Waals surface area contributed by atoms with Crippen molar-refractivity contribution in [2.24, 2.45) is 0 Å². The molecule has 0 aromatic carbocycles. The molecule has 0 saturated heterocycles. The molecule has 0 rings (SSSR count). The Morgan fingerprint density at radius 1 is 0.322 bits per heavy atom. The van der Waals surface area contributed by atoms with Crippen LogP contribution in [0.15, 0.2) is 36.5 Å². The van der Waals surface area contributed by atoms with E-state index in [9.17, 15) is 14.4 Å². The zero-order chi connectivity index (χ0) is 43.0. The molecule has 0 N–H and O–H groups in total. The second-order valence-electron chi connectivity index (χ2n) is 17.1. The van der Waals surface area contributed by atoms with Gasteiger partial charge in [-0.1, -0.05) is 192 Å². The van der Waals surface area contributed by atoms with Gasteiger partial charge >= 0.3 is 17.9 Å². The van der Waals surface area contributed by atoms with E-state index in [0.717, 1.165) is 83.5 Å². The van der Waals surface area contributed by atoms with Gasteiger partial charge in [0.05, 0.1) is 0 Å². The first-order chi connectivity index (χ1) is 29.0. The summed E-state index contributed by atoms with van der Waals surface area (Å²) in [6, 6.07) is 0. The monoisotopic (exact) mass is 829 g/mol. The lowest BCUT2D eigenvalue weighted by Crippen LogP contribution is -2.30. The van der Waals surface area contributed by atoms with Crippen molar-refractivity contribution < 1.29 is 28.6 Å². The number of hydrogen-bond donors (Lipinski definition) is 0. The molecular formula is C53H96O6. The highest BCUT2D eigenvalue weighted by atomic mass is 16.6. The number of esters is 3. The molecule has 6 nitrogen and oxygen atoms in total. The molecule has 0 aliphatic rings. The van der Waals surface area contributed by atoms with Gasteiger partial charge in [0.15, 0.2) is 6.10 Å². The smallest absolute Gasteiger partial charge is 0.306 e. The molecule has 0 fully saturated rings. The Morgan fingerprint density at radius 3 is 0.898 bits per heavy atom. The molecular weight excluding hydrogens is 733 g/mol. The zero-order valence-electron chi connectivity index (χ0n) is 39.3. The molecule has 344 valence electrons. The maximum absolute atomic E-state index is 12.8. The predicted octanol–water partition coefficient (Wildman–Crippen LogP) is 16.5. The summed E-state index contributed by atoms with van der Waals surface area (Å²) < 4.78 is 16.8. The Bertz CT molecular complexity index is 1000. The minimum absolute atomic E-state index is 0.0812. The predicted molar refractivity (Wildman–Crippen MR) is 252 cm³/mol. The summed E-state index contributed by atoms with van der Waals surface area (Å²) in [6.07, 6.45) is 55.5. The van der Waals surface area contributed by atoms with Crippen molar-refractivity contribution in [2.45, 2.75) is 271 Å². The van der Waals surface area contributed by atoms with Gasteiger partial charge in [0, 0.05) is 19.3 Å². The maximum atomic E-state index is 12.8. The fourth-order valence-corrected chi connectivity index (χ4v) is 7.18. The van der Waals surface area contributed by atoms with Crippen molar-refractivity contribution in [2.75, 3.05) is 13.2 Å². The summed E-state index contributed by atoms with van der Waals surface area (Å²) >= 11 is 0. The first-order valence-corrected chi connectivity index (χ1v) is 25.5. The highest BCUT2D eigenvalue weighted by Gasteiger charge is 2.19. The molecule has 6 heteroatoms. The number of carbonyl (C=O) groups excluding carboxylic acids is 3. The Kier molecular flexibility index (Phi) is 46.4. The van der Waals surface area contributed by atoms with E-state index < -0.39 is 6.10 Å². The van der Waals surface area contributed by atoms with Crippen molar-refractivity contribution in [3.8, 4) is 0 Å². The van der Waals surface area contributed by atoms with Gasteiger partial charge in [0.2, 0.25) is 0 Å². The van der Waals surface area contributed by atoms with Gasteiger partial charge in [-0.05, 0) is 89.9 Å². The van der Waals surface area contributed by atoms with E-state index in [1.165, 1.54) is 141 Å². The molecule has 0 amide bonds. The fourth-order valence-electron chi connectivity index (χ4n) is 7.18. The van der Waals surface area contributed by atoms with Gasteiger partial charge in [0.1, 0.15) is 13.2 Å². The largest absolute Gasteiger partial charge is 0.462 e. The summed E-state index contributed by atoms with van der Waals surface area (Å²) in [6.45, 7) is 6.58. The summed E-state index contributed by atoms with van der Waals surface area (Å²) in [7, 11) is 0. The van der Waals surface area contributed by atoms with Crippen molar-refractivity contribution >= 4 is 17.9 Å². The van der Waals surface area contributed by atoms with E-state index in [4.69, 9.17) is 14.2 Å². The Balaban J connectivity index is 4.37. The Hall–Kier alpha value is -2.37. The van der Waals surface area contributed by atoms with E-state index in [1.807, 2.05) is 0 Å². The first-order valence-electron chi connectivity index (χ1n) is 25.5. The van der Waals surface area contributed by atoms with Crippen LogP contribution < -0.4 is 0 Å². The molecule has 0 aromatic heterocycles. The third-order valence-corrected chi connectivity index (χ3v) is 11.1. The van der Waals surface area contributed by atoms with Gasteiger partial charge in [-0.25, -0.2) is 0 Å². The number of unbranched alkanes of at least 4 members (excludes halogenated alkanes) is 29. The van der Waals surface area contributed by atoms with Crippen LogP contribution in [0.1, 0.15) is 265 Å². The van der Waals surface area contributed by atoms with Crippen LogP contribution in [0, 0.1) is 0 Å². The van der Waals surface area contributed by atoms with Crippen molar-refractivity contribution in [1.29, 1.82) is 0 Å². The topological polar surface area (TPSA) is 78.9 Å². The third kappa shape index (κ3) is 46.5. The van der Waals surface area contributed by atoms with Crippen LogP contribution >= 0.6 is 0 Å². The second-order valence-corrected chi connectivity index (χ2v) is 17.1. The van der Waals surface area contributed by atoms with Gasteiger partial charge in [-0.15, -0.1) is 0 Å². The standard InChI is InChI=1S/C53H96O6/c1-4-7-10-13-16-19-22-24-26-27-29-31-34-37-40-43-46-52(55)58-49-50(48-57-51(54)45-42-39-36-33-30-21-18-15-12-9-6-3)59-53(56)47-44-41-38-35-32-28-25-23-20-17-14-11-8-5-2/h15,18,23,25-27,50H,4-14,16-17,19-22,24,28-49H2,1-3H3/b18-15-,25-23-,27-26-/t50-/m1/s1. The molecule has 59 heavy (non-hydrogen) atoms. The summed E-state index contributed by atoms with van der Waals surface area (Å²) in [5.41, 5.74) is 0. The summed E-state index contributed by atoms with van der Waals surface area (Å²) in [4.78, 5) is 37.9. The van der Waals surface area contributed by atoms with Crippen LogP contribution in [0.3, 0.4) is 0 Å². The molecule has 0 aliphatic heterocycles. The quantitative estimate of drug-likeness (QED) is 0.0263. The highest BCUT2D eigenvalue weighted by Crippen LogP contribution is 2.14. The molecule has 0 unspecified atom stereocenters. The lowest BCUT2D eigenvalue weighted by atomic mass is 10.1. The third-order valence-electron chi connectivity index (χ3n) is 11.1. The van der Waals surface area contributed by atoms with E-state index in [2.05, 4.69) is 57.2 Å². The number of carbonyl (C=O) groups is 3. The number of rotatable bonds is 46. The number of hydrogen-bond acceptors (Lipinski definition) is 6. The first kappa shape index (κ1) is 56.6. The average Bonchev–Trinajstić information content (AvgIpc) is 3.23. The molecule has 1 atom stereocenters. The van der Waals surface area contributed by atoms with E-state index in [0.29, 0.717) is 19.3 Å². The molecule has 0 radical (unpaired) electrons. The number of allylic oxidation sites excluding steroid dienone is 6. The molecule has 0 heterocycles. The second kappa shape index (κ2) is 48.3. The van der Waals surface area contributed by atoms with Crippen LogP contribution in [-0.4, -0.2) is 37.2 Å². The molecule has 0 aromatic rings. The van der Waals surface area contributed by atoms with Crippen LogP contribution in [0.2, 0.25) is 0 Å². The van der Waals surface area contributed by atoms with Crippen LogP contribution in [0.25, 0.3) is 0 Å². The van der Waals surface area contributed by atoms with E-state index >= 15 is 0 Å². The SMILES string of the molecule is CCCC/C=C\CCCCCCCC(=O)OC[C@H](COC(=O)CCCCCCC/C=C\CCCCCCCCC)OC(=O)CCCCCCC/C=C\CCCCCCC. The summed E-state index contributed by atoms with van der Waals surface area (Å²) in [5.74, 6) is -0.900. The van der Waals surface area contributed by atoms with Gasteiger partial charge in [0.25, 0.3) is 0 Å². The van der Waals surface area contributed by atoms with Gasteiger partial charge in [-0.3, -0.25) is 14.4 Å². The molecule has 0 spiro atoms. The Morgan fingerprint density at radius 2 is 0.576 bits per heavy atom. The van der Waals surface area contributed by atoms with Crippen molar-refractivity contribution in [3.63, 3.8) is 0 Å². The van der Waals surface area contributed by atoms with Gasteiger partial charge < -0.3 is 14.2 Å². The van der Waals surface area contributed by atoms with E-state index in [1.54, 1.807) is 0 Å². The molecule has 0 bridgehead atoms. The van der Waals surface area contributed by atoms with E-state index in [-0.39, 0.29) is 31.1 Å². The minimum atomic E-state index is -0.780. The molecule has 0 aliphatic carbocycles. The lowest BCUT2D eigenvalue weighted by molar-refractivity contribution is -0.167. The normalized spacial score (nSPS) is 12.3. The Labute approximate surface area is 365 Å². The van der Waals surface area contributed by atoms with Gasteiger partial charge in [-0.2, -0.15) is 0 Å². The lowest BCUT2D eigenvalue weighted by Gasteiger charge is -2.18. The van der Waals surface area contributed by atoms with Crippen LogP contribution in [0.4, 0.5) is 0 Å². The van der Waals surface area contributed by atoms with Crippen molar-refractivity contribution in [3.05, 3.63) is 36.5 Å². The van der Waals surface area contributed by atoms with Crippen LogP contribution in [0.5, 0.6) is 0 Å². The van der Waals surface area contributed by atoms with Crippen LogP contribution in [-0.2, 0) is 28.6 Å². The number of ether oxygens (including phenoxy) is 3. The maximum Gasteiger partial charge on any atom is 0.306 e. The minimum Gasteiger partial charge on any atom is -0.462 e. The zero-order valence-corrected chi connectivity index (χ0v) is 39.3. The molecule has 0 saturated carbocycles.